The van der Waals surface area contributed by atoms with Crippen LogP contribution in [-0.2, 0) is 23.4 Å². The molecule has 0 fully saturated rings. The molecule has 158 valence electrons. The number of hydrogen-bond acceptors (Lipinski definition) is 5. The number of alkyl halides is 3. The Morgan fingerprint density at radius 3 is 2.28 bits per heavy atom. The van der Waals surface area contributed by atoms with Crippen LogP contribution < -0.4 is 16.0 Å². The van der Waals surface area contributed by atoms with Crippen molar-refractivity contribution in [1.82, 2.24) is 18.2 Å². The van der Waals surface area contributed by atoms with Crippen LogP contribution >= 0.6 is 11.6 Å². The van der Waals surface area contributed by atoms with Crippen molar-refractivity contribution in [3.05, 3.63) is 61.4 Å². The molecule has 2 rings (SSSR count). The van der Waals surface area contributed by atoms with E-state index in [1.165, 1.54) is 14.1 Å². The van der Waals surface area contributed by atoms with Gasteiger partial charge in [0.1, 0.15) is 5.69 Å². The Balaban J connectivity index is 2.64. The lowest BCUT2D eigenvalue weighted by molar-refractivity contribution is -0.144. The summed E-state index contributed by atoms with van der Waals surface area (Å²) in [5, 5.41) is -0.211. The molecule has 0 spiro atoms. The van der Waals surface area contributed by atoms with Gasteiger partial charge in [0, 0.05) is 27.2 Å². The minimum atomic E-state index is -4.93. The summed E-state index contributed by atoms with van der Waals surface area (Å²) < 4.78 is 65.5. The number of aromatic nitrogens is 2. The minimum absolute atomic E-state index is 0.211. The molecule has 0 radical (unpaired) electrons. The third kappa shape index (κ3) is 4.52. The van der Waals surface area contributed by atoms with E-state index in [4.69, 9.17) is 11.6 Å². The van der Waals surface area contributed by atoms with Crippen LogP contribution in [0, 0.1) is 0 Å². The summed E-state index contributed by atoms with van der Waals surface area (Å²) in [5.74, 6) is -1.16. The molecule has 14 heteroatoms. The maximum absolute atomic E-state index is 12.9. The molecule has 0 unspecified atom stereocenters. The molecule has 0 bridgehead atoms. The van der Waals surface area contributed by atoms with E-state index in [-0.39, 0.29) is 21.3 Å². The normalized spacial score (nSPS) is 12.3. The molecular weight excluding hydrogens is 441 g/mol. The Bertz CT molecular complexity index is 1200. The number of halogens is 4. The highest BCUT2D eigenvalue weighted by Gasteiger charge is 2.35. The predicted octanol–water partition coefficient (Wildman–Crippen LogP) is 0.745. The molecule has 29 heavy (non-hydrogen) atoms. The summed E-state index contributed by atoms with van der Waals surface area (Å²) in [6, 6.07) is 3.36. The molecule has 0 aliphatic heterocycles. The van der Waals surface area contributed by atoms with E-state index in [9.17, 15) is 36.0 Å². The van der Waals surface area contributed by atoms with Crippen LogP contribution in [-0.4, -0.2) is 41.9 Å². The molecule has 1 amide bonds. The Morgan fingerprint density at radius 1 is 1.17 bits per heavy atom. The molecule has 1 aromatic carbocycles. The van der Waals surface area contributed by atoms with Crippen LogP contribution in [0.25, 0.3) is 5.69 Å². The van der Waals surface area contributed by atoms with Crippen LogP contribution in [0.3, 0.4) is 0 Å². The average molecular weight is 455 g/mol. The first-order valence-electron chi connectivity index (χ1n) is 7.61. The maximum Gasteiger partial charge on any atom is 0.431 e. The highest BCUT2D eigenvalue weighted by molar-refractivity contribution is 7.87. The fourth-order valence-electron chi connectivity index (χ4n) is 2.23. The van der Waals surface area contributed by atoms with Crippen molar-refractivity contribution < 1.29 is 26.4 Å². The van der Waals surface area contributed by atoms with Gasteiger partial charge in [-0.1, -0.05) is 11.6 Å². The number of carbonyl (C=O) groups excluding carboxylic acids is 1. The van der Waals surface area contributed by atoms with Gasteiger partial charge in [-0.05, 0) is 18.2 Å². The summed E-state index contributed by atoms with van der Waals surface area (Å²) in [6.45, 7) is 0. The van der Waals surface area contributed by atoms with E-state index in [0.29, 0.717) is 4.57 Å². The largest absolute Gasteiger partial charge is 0.431 e. The number of benzene rings is 1. The summed E-state index contributed by atoms with van der Waals surface area (Å²) in [4.78, 5) is 36.8. The zero-order valence-electron chi connectivity index (χ0n) is 15.1. The molecule has 0 aliphatic carbocycles. The van der Waals surface area contributed by atoms with Crippen molar-refractivity contribution >= 4 is 27.7 Å². The minimum Gasteiger partial charge on any atom is -0.292 e. The van der Waals surface area contributed by atoms with Crippen LogP contribution in [0.1, 0.15) is 16.1 Å². The quantitative estimate of drug-likeness (QED) is 0.732. The van der Waals surface area contributed by atoms with Gasteiger partial charge in [-0.3, -0.25) is 14.2 Å². The van der Waals surface area contributed by atoms with Gasteiger partial charge in [-0.2, -0.15) is 25.9 Å². The summed E-state index contributed by atoms with van der Waals surface area (Å²) in [7, 11) is -1.01. The first-order valence-corrected chi connectivity index (χ1v) is 9.43. The lowest BCUT2D eigenvalue weighted by Crippen LogP contribution is -2.41. The number of amides is 1. The summed E-state index contributed by atoms with van der Waals surface area (Å²) >= 11 is 5.89. The number of nitrogens with zero attached hydrogens (tertiary/aromatic N) is 3. The molecule has 9 nitrogen and oxygen atoms in total. The Kier molecular flexibility index (Phi) is 5.97. The Hall–Kier alpha value is -2.64. The van der Waals surface area contributed by atoms with Crippen LogP contribution in [0.15, 0.2) is 33.9 Å². The van der Waals surface area contributed by atoms with E-state index < -0.39 is 44.8 Å². The van der Waals surface area contributed by atoms with Gasteiger partial charge >= 0.3 is 22.1 Å². The first kappa shape index (κ1) is 22.6. The predicted molar refractivity (Wildman–Crippen MR) is 97.4 cm³/mol. The average Bonchev–Trinajstić information content (AvgIpc) is 2.58. The fourth-order valence-corrected chi connectivity index (χ4v) is 2.96. The summed E-state index contributed by atoms with van der Waals surface area (Å²) in [5.41, 5.74) is -4.76. The number of hydrogen-bond donors (Lipinski definition) is 1. The van der Waals surface area contributed by atoms with Gasteiger partial charge in [-0.25, -0.2) is 14.1 Å². The van der Waals surface area contributed by atoms with Crippen molar-refractivity contribution in [2.24, 2.45) is 7.05 Å². The van der Waals surface area contributed by atoms with E-state index >= 15 is 0 Å². The van der Waals surface area contributed by atoms with Crippen LogP contribution in [0.5, 0.6) is 0 Å². The molecule has 1 N–H and O–H groups in total. The lowest BCUT2D eigenvalue weighted by atomic mass is 10.2. The number of rotatable bonds is 4. The van der Waals surface area contributed by atoms with E-state index in [1.807, 2.05) is 0 Å². The number of nitrogens with one attached hydrogen (secondary N) is 1. The van der Waals surface area contributed by atoms with Gasteiger partial charge in [0.15, 0.2) is 0 Å². The molecule has 0 atom stereocenters. The van der Waals surface area contributed by atoms with Crippen molar-refractivity contribution in [1.29, 1.82) is 0 Å². The molecule has 0 saturated carbocycles. The SMILES string of the molecule is CN(C)S(=O)(=O)NC(=O)c1cc(-n2c(=O)cc(C(F)(F)F)n(C)c2=O)ccc1Cl. The topological polar surface area (TPSA) is 110 Å². The fraction of sp³-hybridized carbons (Fsp3) is 0.267. The second kappa shape index (κ2) is 7.65. The second-order valence-electron chi connectivity index (χ2n) is 5.93. The Morgan fingerprint density at radius 2 is 1.76 bits per heavy atom. The van der Waals surface area contributed by atoms with Crippen LogP contribution in [0.2, 0.25) is 5.02 Å². The molecule has 1 aromatic heterocycles. The molecule has 1 heterocycles. The third-order valence-corrected chi connectivity index (χ3v) is 5.50. The zero-order valence-corrected chi connectivity index (χ0v) is 16.7. The van der Waals surface area contributed by atoms with E-state index in [2.05, 4.69) is 0 Å². The van der Waals surface area contributed by atoms with Gasteiger partial charge in [0.25, 0.3) is 11.5 Å². The van der Waals surface area contributed by atoms with Crippen molar-refractivity contribution in [3.63, 3.8) is 0 Å². The third-order valence-electron chi connectivity index (χ3n) is 3.77. The zero-order chi connectivity index (χ0) is 22.3. The van der Waals surface area contributed by atoms with Gasteiger partial charge in [0.2, 0.25) is 0 Å². The highest BCUT2D eigenvalue weighted by Crippen LogP contribution is 2.27. The van der Waals surface area contributed by atoms with Crippen molar-refractivity contribution in [2.45, 2.75) is 6.18 Å². The van der Waals surface area contributed by atoms with Gasteiger partial charge in [-0.15, -0.1) is 0 Å². The molecular formula is C15H14ClF3N4O5S. The van der Waals surface area contributed by atoms with Crippen molar-refractivity contribution in [2.75, 3.05) is 14.1 Å². The second-order valence-corrected chi connectivity index (χ2v) is 8.22. The molecule has 0 saturated heterocycles. The molecule has 0 aliphatic rings. The van der Waals surface area contributed by atoms with E-state index in [0.717, 1.165) is 29.6 Å². The van der Waals surface area contributed by atoms with Gasteiger partial charge < -0.3 is 0 Å². The maximum atomic E-state index is 12.9. The number of carbonyl (C=O) groups is 1. The van der Waals surface area contributed by atoms with E-state index in [1.54, 1.807) is 4.72 Å². The van der Waals surface area contributed by atoms with Crippen molar-refractivity contribution in [3.8, 4) is 5.69 Å². The molecule has 2 aromatic rings. The Labute approximate surface area is 167 Å². The van der Waals surface area contributed by atoms with Crippen LogP contribution in [0.4, 0.5) is 13.2 Å². The van der Waals surface area contributed by atoms with Gasteiger partial charge in [0.05, 0.1) is 16.3 Å². The lowest BCUT2D eigenvalue weighted by Gasteiger charge is -2.15. The highest BCUT2D eigenvalue weighted by atomic mass is 35.5. The smallest absolute Gasteiger partial charge is 0.292 e. The monoisotopic (exact) mass is 454 g/mol. The first-order chi connectivity index (χ1) is 13.2. The summed E-state index contributed by atoms with van der Waals surface area (Å²) in [6.07, 6.45) is -4.93. The standard InChI is InChI=1S/C15H14ClF3N4O5S/c1-21(2)29(27,28)20-13(25)9-6-8(4-5-10(9)16)23-12(24)7-11(15(17,18)19)22(3)14(23)26/h4-7H,1-3H3,(H,20,25).